The molecule has 120 valence electrons. The second kappa shape index (κ2) is 6.14. The zero-order chi connectivity index (χ0) is 16.7. The molecule has 0 fully saturated rings. The molecule has 0 atom stereocenters. The summed E-state index contributed by atoms with van der Waals surface area (Å²) in [5.41, 5.74) is 2.70. The van der Waals surface area contributed by atoms with E-state index in [9.17, 15) is 4.39 Å². The molecule has 0 saturated heterocycles. The monoisotopic (exact) mass is 402 g/mol. The number of rotatable bonds is 3. The molecule has 0 aliphatic heterocycles. The third kappa shape index (κ3) is 2.78. The van der Waals surface area contributed by atoms with E-state index in [0.29, 0.717) is 16.0 Å². The highest BCUT2D eigenvalue weighted by Gasteiger charge is 2.12. The highest BCUT2D eigenvalue weighted by molar-refractivity contribution is 9.10. The summed E-state index contributed by atoms with van der Waals surface area (Å²) < 4.78 is 15.6. The SMILES string of the molecule is Cc1nc2c3ccccc3nc(SCc3ccc(F)c(Br)c3)n2n1. The Hall–Kier alpha value is -1.99. The van der Waals surface area contributed by atoms with Crippen LogP contribution < -0.4 is 0 Å². The van der Waals surface area contributed by atoms with Gasteiger partial charge in [-0.05, 0) is 52.7 Å². The Kier molecular flexibility index (Phi) is 3.97. The highest BCUT2D eigenvalue weighted by atomic mass is 79.9. The van der Waals surface area contributed by atoms with Gasteiger partial charge in [0.1, 0.15) is 11.6 Å². The van der Waals surface area contributed by atoms with E-state index in [1.54, 1.807) is 28.4 Å². The first kappa shape index (κ1) is 15.5. The molecule has 2 aromatic carbocycles. The first-order valence-corrected chi connectivity index (χ1v) is 9.08. The molecular formula is C17H12BrFN4S. The van der Waals surface area contributed by atoms with Crippen molar-refractivity contribution >= 4 is 44.2 Å². The number of benzene rings is 2. The summed E-state index contributed by atoms with van der Waals surface area (Å²) in [5, 5.41) is 6.21. The lowest BCUT2D eigenvalue weighted by atomic mass is 10.2. The van der Waals surface area contributed by atoms with Gasteiger partial charge >= 0.3 is 0 Å². The average Bonchev–Trinajstić information content (AvgIpc) is 2.97. The Bertz CT molecular complexity index is 1060. The zero-order valence-electron chi connectivity index (χ0n) is 12.7. The van der Waals surface area contributed by atoms with Gasteiger partial charge in [-0.2, -0.15) is 4.52 Å². The third-order valence-electron chi connectivity index (χ3n) is 3.61. The Morgan fingerprint density at radius 3 is 2.83 bits per heavy atom. The molecule has 0 aliphatic carbocycles. The molecule has 7 heteroatoms. The van der Waals surface area contributed by atoms with E-state index in [1.165, 1.54) is 6.07 Å². The van der Waals surface area contributed by atoms with Crippen molar-refractivity contribution in [1.82, 2.24) is 19.6 Å². The van der Waals surface area contributed by atoms with Gasteiger partial charge in [0.15, 0.2) is 10.8 Å². The standard InChI is InChI=1S/C17H12BrFN4S/c1-10-20-16-12-4-2-3-5-15(12)21-17(23(16)22-10)24-9-11-6-7-14(19)13(18)8-11/h2-8H,9H2,1H3. The van der Waals surface area contributed by atoms with Crippen LogP contribution in [0.2, 0.25) is 0 Å². The van der Waals surface area contributed by atoms with E-state index in [1.807, 2.05) is 31.2 Å². The summed E-state index contributed by atoms with van der Waals surface area (Å²) in [4.78, 5) is 9.23. The lowest BCUT2D eigenvalue weighted by Gasteiger charge is -2.06. The number of hydrogen-bond acceptors (Lipinski definition) is 4. The highest BCUT2D eigenvalue weighted by Crippen LogP contribution is 2.27. The predicted molar refractivity (Wildman–Crippen MR) is 96.7 cm³/mol. The van der Waals surface area contributed by atoms with Crippen LogP contribution in [0.5, 0.6) is 0 Å². The summed E-state index contributed by atoms with van der Waals surface area (Å²) >= 11 is 4.77. The number of halogens is 2. The van der Waals surface area contributed by atoms with Crippen molar-refractivity contribution in [2.45, 2.75) is 17.8 Å². The second-order valence-electron chi connectivity index (χ2n) is 5.34. The number of aromatic nitrogens is 4. The Morgan fingerprint density at radius 1 is 1.17 bits per heavy atom. The number of aryl methyl sites for hydroxylation is 1. The lowest BCUT2D eigenvalue weighted by Crippen LogP contribution is -1.98. The summed E-state index contributed by atoms with van der Waals surface area (Å²) in [6, 6.07) is 12.9. The van der Waals surface area contributed by atoms with E-state index in [4.69, 9.17) is 4.98 Å². The molecule has 2 aromatic heterocycles. The minimum atomic E-state index is -0.262. The van der Waals surface area contributed by atoms with Gasteiger partial charge in [-0.3, -0.25) is 0 Å². The normalized spacial score (nSPS) is 11.5. The van der Waals surface area contributed by atoms with Crippen LogP contribution in [-0.2, 0) is 5.75 Å². The van der Waals surface area contributed by atoms with Crippen molar-refractivity contribution in [3.63, 3.8) is 0 Å². The third-order valence-corrected chi connectivity index (χ3v) is 5.22. The van der Waals surface area contributed by atoms with Crippen LogP contribution in [0.25, 0.3) is 16.6 Å². The summed E-state index contributed by atoms with van der Waals surface area (Å²) in [6.07, 6.45) is 0. The fourth-order valence-electron chi connectivity index (χ4n) is 2.50. The molecule has 0 bridgehead atoms. The molecular weight excluding hydrogens is 391 g/mol. The molecule has 24 heavy (non-hydrogen) atoms. The average molecular weight is 403 g/mol. The molecule has 0 radical (unpaired) electrons. The van der Waals surface area contributed by atoms with E-state index in [2.05, 4.69) is 26.0 Å². The van der Waals surface area contributed by atoms with Crippen LogP contribution >= 0.6 is 27.7 Å². The molecule has 0 aliphatic rings. The van der Waals surface area contributed by atoms with E-state index < -0.39 is 0 Å². The number of fused-ring (bicyclic) bond motifs is 3. The maximum atomic E-state index is 13.4. The fraction of sp³-hybridized carbons (Fsp3) is 0.118. The molecule has 0 amide bonds. The van der Waals surface area contributed by atoms with E-state index in [0.717, 1.165) is 27.3 Å². The Labute approximate surface area is 150 Å². The largest absolute Gasteiger partial charge is 0.222 e. The predicted octanol–water partition coefficient (Wildman–Crippen LogP) is 4.78. The van der Waals surface area contributed by atoms with Crippen LogP contribution in [0.4, 0.5) is 4.39 Å². The maximum absolute atomic E-state index is 13.4. The van der Waals surface area contributed by atoms with Crippen LogP contribution in [0.15, 0.2) is 52.1 Å². The van der Waals surface area contributed by atoms with Crippen LogP contribution in [-0.4, -0.2) is 19.6 Å². The topological polar surface area (TPSA) is 43.1 Å². The number of nitrogens with zero attached hydrogens (tertiary/aromatic N) is 4. The van der Waals surface area contributed by atoms with Gasteiger partial charge in [-0.1, -0.05) is 30.0 Å². The number of hydrogen-bond donors (Lipinski definition) is 0. The Morgan fingerprint density at radius 2 is 2.00 bits per heavy atom. The van der Waals surface area contributed by atoms with Gasteiger partial charge in [-0.25, -0.2) is 14.4 Å². The minimum absolute atomic E-state index is 0.262. The molecule has 0 unspecified atom stereocenters. The van der Waals surface area contributed by atoms with E-state index >= 15 is 0 Å². The van der Waals surface area contributed by atoms with Crippen molar-refractivity contribution in [2.75, 3.05) is 0 Å². The van der Waals surface area contributed by atoms with Crippen molar-refractivity contribution in [1.29, 1.82) is 0 Å². The molecule has 4 aromatic rings. The molecule has 0 spiro atoms. The van der Waals surface area contributed by atoms with Crippen LogP contribution in [0.1, 0.15) is 11.4 Å². The lowest BCUT2D eigenvalue weighted by molar-refractivity contribution is 0.620. The van der Waals surface area contributed by atoms with Gasteiger partial charge < -0.3 is 0 Å². The second-order valence-corrected chi connectivity index (χ2v) is 7.14. The summed E-state index contributed by atoms with van der Waals surface area (Å²) in [5.74, 6) is 1.11. The summed E-state index contributed by atoms with van der Waals surface area (Å²) in [7, 11) is 0. The number of para-hydroxylation sites is 1. The van der Waals surface area contributed by atoms with Gasteiger partial charge in [0.25, 0.3) is 0 Å². The first-order valence-electron chi connectivity index (χ1n) is 7.30. The van der Waals surface area contributed by atoms with Crippen molar-refractivity contribution in [3.05, 3.63) is 64.1 Å². The molecule has 0 N–H and O–H groups in total. The van der Waals surface area contributed by atoms with Gasteiger partial charge in [0, 0.05) is 11.1 Å². The van der Waals surface area contributed by atoms with Gasteiger partial charge in [0.2, 0.25) is 0 Å². The quantitative estimate of drug-likeness (QED) is 0.365. The van der Waals surface area contributed by atoms with E-state index in [-0.39, 0.29) is 5.82 Å². The molecule has 2 heterocycles. The fourth-order valence-corrected chi connectivity index (χ4v) is 3.82. The number of thioether (sulfide) groups is 1. The van der Waals surface area contributed by atoms with Crippen molar-refractivity contribution in [2.24, 2.45) is 0 Å². The minimum Gasteiger partial charge on any atom is -0.222 e. The van der Waals surface area contributed by atoms with Crippen molar-refractivity contribution in [3.8, 4) is 0 Å². The molecule has 4 rings (SSSR count). The molecule has 0 saturated carbocycles. The van der Waals surface area contributed by atoms with Gasteiger partial charge in [-0.15, -0.1) is 5.10 Å². The smallest absolute Gasteiger partial charge is 0.191 e. The maximum Gasteiger partial charge on any atom is 0.191 e. The van der Waals surface area contributed by atoms with Crippen LogP contribution in [0.3, 0.4) is 0 Å². The van der Waals surface area contributed by atoms with Crippen molar-refractivity contribution < 1.29 is 4.39 Å². The molecule has 4 nitrogen and oxygen atoms in total. The summed E-state index contributed by atoms with van der Waals surface area (Å²) in [6.45, 7) is 1.87. The van der Waals surface area contributed by atoms with Crippen LogP contribution in [0, 0.1) is 12.7 Å². The van der Waals surface area contributed by atoms with Gasteiger partial charge in [0.05, 0.1) is 9.99 Å². The zero-order valence-corrected chi connectivity index (χ0v) is 15.1. The first-order chi connectivity index (χ1) is 11.6. The Balaban J connectivity index is 1.75.